The van der Waals surface area contributed by atoms with E-state index in [2.05, 4.69) is 10.2 Å². The van der Waals surface area contributed by atoms with Gasteiger partial charge < -0.3 is 10.1 Å². The Morgan fingerprint density at radius 1 is 1.02 bits per heavy atom. The first kappa shape index (κ1) is 29.8. The number of hydrogen-bond donors (Lipinski definition) is 1. The molecule has 2 saturated heterocycles. The standard InChI is InChI=1S/C29H35F4N3O4S/c30-22-10-14-35(15-11-22)19-20-6-8-25-26(12-16-40-27(25)17-20)34-28(37)9-7-23-4-2-13-36(23)41(38,39)24-5-1-3-21(18-24)29(31,32)33/h1,3,5-6,8,17-18,22-23,26H,2,4,7,9-16,19H2,(H,34,37). The molecule has 5 rings (SSSR count). The number of halogens is 4. The number of hydrogen-bond acceptors (Lipinski definition) is 5. The van der Waals surface area contributed by atoms with Gasteiger partial charge >= 0.3 is 6.18 Å². The number of amides is 1. The predicted octanol–water partition coefficient (Wildman–Crippen LogP) is 5.21. The van der Waals surface area contributed by atoms with E-state index in [1.54, 1.807) is 0 Å². The van der Waals surface area contributed by atoms with Crippen LogP contribution in [-0.2, 0) is 27.5 Å². The Kier molecular flexibility index (Phi) is 8.91. The molecule has 0 spiro atoms. The Morgan fingerprint density at radius 2 is 1.80 bits per heavy atom. The van der Waals surface area contributed by atoms with Crippen molar-refractivity contribution in [2.75, 3.05) is 26.2 Å². The van der Waals surface area contributed by atoms with E-state index < -0.39 is 38.9 Å². The summed E-state index contributed by atoms with van der Waals surface area (Å²) >= 11 is 0. The number of sulfonamides is 1. The van der Waals surface area contributed by atoms with Crippen LogP contribution in [0.2, 0.25) is 0 Å². The van der Waals surface area contributed by atoms with Gasteiger partial charge in [-0.1, -0.05) is 18.2 Å². The quantitative estimate of drug-likeness (QED) is 0.423. The van der Waals surface area contributed by atoms with Crippen LogP contribution in [0.25, 0.3) is 0 Å². The lowest BCUT2D eigenvalue weighted by Gasteiger charge is -2.30. The molecule has 3 aliphatic rings. The molecule has 2 unspecified atom stereocenters. The Hall–Kier alpha value is -2.70. The van der Waals surface area contributed by atoms with Crippen LogP contribution >= 0.6 is 0 Å². The van der Waals surface area contributed by atoms with E-state index in [4.69, 9.17) is 4.74 Å². The van der Waals surface area contributed by atoms with Crippen molar-refractivity contribution in [3.8, 4) is 5.75 Å². The lowest BCUT2D eigenvalue weighted by atomic mass is 9.98. The second kappa shape index (κ2) is 12.3. The summed E-state index contributed by atoms with van der Waals surface area (Å²) in [7, 11) is -4.14. The van der Waals surface area contributed by atoms with Crippen LogP contribution in [0.3, 0.4) is 0 Å². The van der Waals surface area contributed by atoms with Crippen molar-refractivity contribution in [2.45, 2.75) is 80.8 Å². The van der Waals surface area contributed by atoms with E-state index in [1.165, 1.54) is 10.4 Å². The topological polar surface area (TPSA) is 79.0 Å². The summed E-state index contributed by atoms with van der Waals surface area (Å²) < 4.78 is 86.5. The van der Waals surface area contributed by atoms with Crippen LogP contribution in [0.5, 0.6) is 5.75 Å². The fourth-order valence-corrected chi connectivity index (χ4v) is 7.72. The fraction of sp³-hybridized carbons (Fsp3) is 0.552. The third kappa shape index (κ3) is 7.03. The number of carbonyl (C=O) groups is 1. The Labute approximate surface area is 237 Å². The van der Waals surface area contributed by atoms with Crippen LogP contribution in [0.4, 0.5) is 17.6 Å². The van der Waals surface area contributed by atoms with Gasteiger partial charge in [0.2, 0.25) is 15.9 Å². The number of likely N-dealkylation sites (tertiary alicyclic amines) is 1. The molecule has 1 N–H and O–H groups in total. The highest BCUT2D eigenvalue weighted by Gasteiger charge is 2.37. The summed E-state index contributed by atoms with van der Waals surface area (Å²) in [5.74, 6) is 0.498. The minimum atomic E-state index is -4.65. The van der Waals surface area contributed by atoms with Crippen molar-refractivity contribution >= 4 is 15.9 Å². The molecule has 41 heavy (non-hydrogen) atoms. The maximum atomic E-state index is 13.5. The van der Waals surface area contributed by atoms with Gasteiger partial charge in [-0.05, 0) is 61.9 Å². The number of nitrogens with one attached hydrogen (secondary N) is 1. The highest BCUT2D eigenvalue weighted by atomic mass is 32.2. The van der Waals surface area contributed by atoms with Gasteiger partial charge in [-0.15, -0.1) is 0 Å². The number of fused-ring (bicyclic) bond motifs is 1. The van der Waals surface area contributed by atoms with Crippen molar-refractivity contribution in [1.29, 1.82) is 0 Å². The molecule has 0 aliphatic carbocycles. The van der Waals surface area contributed by atoms with E-state index in [-0.39, 0.29) is 31.3 Å². The summed E-state index contributed by atoms with van der Waals surface area (Å²) in [4.78, 5) is 14.8. The van der Waals surface area contributed by atoms with E-state index >= 15 is 0 Å². The molecule has 224 valence electrons. The zero-order valence-corrected chi connectivity index (χ0v) is 23.5. The van der Waals surface area contributed by atoms with E-state index in [0.717, 1.165) is 36.3 Å². The average molecular weight is 598 g/mol. The molecule has 0 bridgehead atoms. The van der Waals surface area contributed by atoms with Gasteiger partial charge in [0.1, 0.15) is 11.9 Å². The van der Waals surface area contributed by atoms with Gasteiger partial charge in [-0.2, -0.15) is 17.5 Å². The van der Waals surface area contributed by atoms with Gasteiger partial charge in [0.25, 0.3) is 0 Å². The lowest BCUT2D eigenvalue weighted by molar-refractivity contribution is -0.137. The summed E-state index contributed by atoms with van der Waals surface area (Å²) in [6.07, 6.45) is -2.20. The molecule has 7 nitrogen and oxygen atoms in total. The minimum Gasteiger partial charge on any atom is -0.493 e. The fourth-order valence-electron chi connectivity index (χ4n) is 5.95. The molecular weight excluding hydrogens is 562 g/mol. The van der Waals surface area contributed by atoms with E-state index in [9.17, 15) is 30.8 Å². The highest BCUT2D eigenvalue weighted by molar-refractivity contribution is 7.89. The van der Waals surface area contributed by atoms with Crippen molar-refractivity contribution in [3.05, 3.63) is 59.2 Å². The summed E-state index contributed by atoms with van der Waals surface area (Å²) in [6, 6.07) is 9.01. The number of nitrogens with zero attached hydrogens (tertiary/aromatic N) is 2. The van der Waals surface area contributed by atoms with E-state index in [1.807, 2.05) is 18.2 Å². The summed E-state index contributed by atoms with van der Waals surface area (Å²) in [5.41, 5.74) is 0.931. The molecule has 3 aliphatic heterocycles. The van der Waals surface area contributed by atoms with Gasteiger partial charge in [-0.25, -0.2) is 12.8 Å². The molecular formula is C29H35F4N3O4S. The van der Waals surface area contributed by atoms with Crippen LogP contribution < -0.4 is 10.1 Å². The molecule has 0 radical (unpaired) electrons. The highest BCUT2D eigenvalue weighted by Crippen LogP contribution is 2.35. The van der Waals surface area contributed by atoms with Crippen LogP contribution in [-0.4, -0.2) is 62.0 Å². The number of rotatable bonds is 8. The predicted molar refractivity (Wildman–Crippen MR) is 144 cm³/mol. The second-order valence-electron chi connectivity index (χ2n) is 11.1. The van der Waals surface area contributed by atoms with Gasteiger partial charge in [-0.3, -0.25) is 9.69 Å². The molecule has 0 saturated carbocycles. The lowest BCUT2D eigenvalue weighted by Crippen LogP contribution is -2.37. The van der Waals surface area contributed by atoms with Crippen molar-refractivity contribution in [3.63, 3.8) is 0 Å². The van der Waals surface area contributed by atoms with Gasteiger partial charge in [0.05, 0.1) is 23.1 Å². The summed E-state index contributed by atoms with van der Waals surface area (Å²) in [5, 5.41) is 3.05. The largest absolute Gasteiger partial charge is 0.493 e. The molecule has 2 aromatic carbocycles. The Balaban J connectivity index is 1.18. The minimum absolute atomic E-state index is 0.0918. The number of piperidine rings is 1. The van der Waals surface area contributed by atoms with Gasteiger partial charge in [0, 0.05) is 50.6 Å². The molecule has 2 aromatic rings. The second-order valence-corrected chi connectivity index (χ2v) is 12.9. The SMILES string of the molecule is O=C(CCC1CCCN1S(=O)(=O)c1cccc(C(F)(F)F)c1)NC1CCOc2cc(CN3CCC(F)CC3)ccc21. The Bertz CT molecular complexity index is 1350. The number of ether oxygens (including phenoxy) is 1. The average Bonchev–Trinajstić information content (AvgIpc) is 3.43. The van der Waals surface area contributed by atoms with E-state index in [0.29, 0.717) is 57.1 Å². The van der Waals surface area contributed by atoms with Crippen LogP contribution in [0, 0.1) is 0 Å². The van der Waals surface area contributed by atoms with Crippen molar-refractivity contribution in [1.82, 2.24) is 14.5 Å². The number of alkyl halides is 4. The zero-order chi connectivity index (χ0) is 29.2. The third-order valence-electron chi connectivity index (χ3n) is 8.17. The first-order valence-corrected chi connectivity index (χ1v) is 15.6. The van der Waals surface area contributed by atoms with Crippen LogP contribution in [0.15, 0.2) is 47.4 Å². The third-order valence-corrected chi connectivity index (χ3v) is 10.1. The summed E-state index contributed by atoms with van der Waals surface area (Å²) in [6.45, 7) is 2.79. The zero-order valence-electron chi connectivity index (χ0n) is 22.7. The first-order chi connectivity index (χ1) is 19.5. The normalized spacial score (nSPS) is 22.7. The van der Waals surface area contributed by atoms with Crippen LogP contribution in [0.1, 0.15) is 67.7 Å². The van der Waals surface area contributed by atoms with Crippen molar-refractivity contribution < 1.29 is 35.5 Å². The van der Waals surface area contributed by atoms with Crippen molar-refractivity contribution in [2.24, 2.45) is 0 Å². The maximum Gasteiger partial charge on any atom is 0.416 e. The first-order valence-electron chi connectivity index (χ1n) is 14.1. The molecule has 1 amide bonds. The molecule has 2 fully saturated rings. The Morgan fingerprint density at radius 3 is 2.56 bits per heavy atom. The maximum absolute atomic E-state index is 13.5. The molecule has 2 atom stereocenters. The van der Waals surface area contributed by atoms with Gasteiger partial charge in [0.15, 0.2) is 0 Å². The molecule has 0 aromatic heterocycles. The number of carbonyl (C=O) groups excluding carboxylic acids is 1. The smallest absolute Gasteiger partial charge is 0.416 e. The number of benzene rings is 2. The molecule has 12 heteroatoms. The monoisotopic (exact) mass is 597 g/mol. The molecule has 3 heterocycles.